The van der Waals surface area contributed by atoms with E-state index < -0.39 is 68.0 Å². The molecule has 1 aromatic carbocycles. The Balaban J connectivity index is 1.23. The second-order valence-corrected chi connectivity index (χ2v) is 18.5. The Morgan fingerprint density at radius 3 is 2.60 bits per heavy atom. The van der Waals surface area contributed by atoms with Crippen LogP contribution in [0.15, 0.2) is 42.6 Å². The molecule has 16 nitrogen and oxygen atoms in total. The van der Waals surface area contributed by atoms with Crippen molar-refractivity contribution >= 4 is 44.6 Å². The number of nitrogens with one attached hydrogen (secondary N) is 3. The molecular formula is C40H51N7O9S. The number of phenolic OH excluding ortho intramolecular Hbond substituents is 1. The number of hydrogen-bond acceptors (Lipinski definition) is 11. The number of aromatic nitrogens is 3. The SMILES string of the molecule is Cc1c(O)ccc2c(O[C@@H]3C[C@H]4C(=O)N[C@]5(C(=O)NS(=O)(=O)C6(C)CC6)C[C@H]5/C=C\CCCCC[C@H](NC(=O)c5ccn(C)n5)C(=O)N4C3)cc(OC(C)C)nc12. The van der Waals surface area contributed by atoms with Gasteiger partial charge in [-0.15, -0.1) is 0 Å². The second-order valence-electron chi connectivity index (χ2n) is 16.3. The zero-order valence-electron chi connectivity index (χ0n) is 32.9. The molecule has 2 aliphatic carbocycles. The maximum absolute atomic E-state index is 14.7. The Kier molecular flexibility index (Phi) is 10.7. The predicted octanol–water partition coefficient (Wildman–Crippen LogP) is 3.31. The van der Waals surface area contributed by atoms with Crippen molar-refractivity contribution in [2.75, 3.05) is 6.54 Å². The molecule has 4 N–H and O–H groups in total. The summed E-state index contributed by atoms with van der Waals surface area (Å²) in [4.78, 5) is 62.5. The van der Waals surface area contributed by atoms with Crippen LogP contribution in [0.4, 0.5) is 0 Å². The lowest BCUT2D eigenvalue weighted by molar-refractivity contribution is -0.141. The van der Waals surface area contributed by atoms with Gasteiger partial charge in [0.25, 0.3) is 11.8 Å². The van der Waals surface area contributed by atoms with E-state index in [0.29, 0.717) is 54.3 Å². The Morgan fingerprint density at radius 2 is 1.89 bits per heavy atom. The van der Waals surface area contributed by atoms with Crippen molar-refractivity contribution in [3.8, 4) is 17.4 Å². The van der Waals surface area contributed by atoms with Gasteiger partial charge in [0.1, 0.15) is 40.9 Å². The summed E-state index contributed by atoms with van der Waals surface area (Å²) in [6.07, 6.45) is 8.61. The molecule has 0 spiro atoms. The number of ether oxygens (including phenoxy) is 2. The fourth-order valence-electron chi connectivity index (χ4n) is 7.66. The van der Waals surface area contributed by atoms with Crippen molar-refractivity contribution in [2.24, 2.45) is 13.0 Å². The molecule has 0 unspecified atom stereocenters. The Labute approximate surface area is 331 Å². The number of pyridine rings is 1. The van der Waals surface area contributed by atoms with Crippen LogP contribution in [0.2, 0.25) is 0 Å². The van der Waals surface area contributed by atoms with E-state index in [9.17, 15) is 32.7 Å². The van der Waals surface area contributed by atoms with Crippen LogP contribution in [-0.2, 0) is 31.5 Å². The van der Waals surface area contributed by atoms with Gasteiger partial charge >= 0.3 is 0 Å². The van der Waals surface area contributed by atoms with Crippen LogP contribution in [-0.4, -0.2) is 97.9 Å². The highest BCUT2D eigenvalue weighted by Crippen LogP contribution is 2.47. The summed E-state index contributed by atoms with van der Waals surface area (Å²) in [5.74, 6) is -2.30. The van der Waals surface area contributed by atoms with Crippen molar-refractivity contribution < 1.29 is 42.2 Å². The van der Waals surface area contributed by atoms with Gasteiger partial charge < -0.3 is 30.1 Å². The van der Waals surface area contributed by atoms with Crippen LogP contribution in [0.1, 0.15) is 94.6 Å². The Hall–Kier alpha value is -5.19. The number of rotatable bonds is 9. The predicted molar refractivity (Wildman–Crippen MR) is 209 cm³/mol. The first-order chi connectivity index (χ1) is 27.0. The number of benzene rings is 1. The maximum Gasteiger partial charge on any atom is 0.272 e. The van der Waals surface area contributed by atoms with Gasteiger partial charge in [-0.3, -0.25) is 28.6 Å². The number of allylic oxidation sites excluding steroid dienone is 1. The summed E-state index contributed by atoms with van der Waals surface area (Å²) >= 11 is 0. The average Bonchev–Trinajstić information content (AvgIpc) is 3.95. The fourth-order valence-corrected chi connectivity index (χ4v) is 8.97. The molecule has 4 amide bonds. The fraction of sp³-hybridized carbons (Fsp3) is 0.550. The van der Waals surface area contributed by atoms with Crippen molar-refractivity contribution in [1.82, 2.24) is 35.0 Å². The molecule has 1 saturated heterocycles. The van der Waals surface area contributed by atoms with E-state index in [-0.39, 0.29) is 42.8 Å². The normalized spacial score (nSPS) is 26.7. The van der Waals surface area contributed by atoms with E-state index in [4.69, 9.17) is 9.47 Å². The highest BCUT2D eigenvalue weighted by molar-refractivity contribution is 7.91. The summed E-state index contributed by atoms with van der Waals surface area (Å²) in [6.45, 7) is 6.96. The van der Waals surface area contributed by atoms with E-state index in [1.165, 1.54) is 15.6 Å². The molecular weight excluding hydrogens is 755 g/mol. The van der Waals surface area contributed by atoms with Crippen LogP contribution < -0.4 is 24.8 Å². The lowest BCUT2D eigenvalue weighted by atomic mass is 10.0. The van der Waals surface area contributed by atoms with Crippen LogP contribution in [0.5, 0.6) is 17.4 Å². The summed E-state index contributed by atoms with van der Waals surface area (Å²) in [5.41, 5.74) is -0.439. The average molecular weight is 806 g/mol. The van der Waals surface area contributed by atoms with Crippen molar-refractivity contribution in [3.63, 3.8) is 0 Å². The summed E-state index contributed by atoms with van der Waals surface area (Å²) in [5, 5.41) is 21.0. The van der Waals surface area contributed by atoms with Gasteiger partial charge in [0.05, 0.1) is 22.9 Å². The molecule has 0 bridgehead atoms. The summed E-state index contributed by atoms with van der Waals surface area (Å²) in [6, 6.07) is 4.23. The van der Waals surface area contributed by atoms with Gasteiger partial charge in [-0.05, 0) is 84.4 Å². The zero-order valence-corrected chi connectivity index (χ0v) is 33.7. The molecule has 7 rings (SSSR count). The number of fused-ring (bicyclic) bond motifs is 3. The molecule has 2 aliphatic heterocycles. The largest absolute Gasteiger partial charge is 0.508 e. The molecule has 4 heterocycles. The molecule has 17 heteroatoms. The third kappa shape index (κ3) is 8.16. The monoisotopic (exact) mass is 805 g/mol. The van der Waals surface area contributed by atoms with Gasteiger partial charge in [-0.1, -0.05) is 25.0 Å². The van der Waals surface area contributed by atoms with Crippen molar-refractivity contribution in [1.29, 1.82) is 0 Å². The molecule has 5 atom stereocenters. The summed E-state index contributed by atoms with van der Waals surface area (Å²) in [7, 11) is -2.33. The smallest absolute Gasteiger partial charge is 0.272 e. The highest BCUT2D eigenvalue weighted by atomic mass is 32.2. The van der Waals surface area contributed by atoms with Crippen LogP contribution >= 0.6 is 0 Å². The van der Waals surface area contributed by atoms with E-state index >= 15 is 0 Å². The topological polar surface area (TPSA) is 211 Å². The lowest BCUT2D eigenvalue weighted by Gasteiger charge is -2.30. The molecule has 3 aromatic rings. The molecule has 0 radical (unpaired) electrons. The molecule has 2 saturated carbocycles. The zero-order chi connectivity index (χ0) is 40.9. The number of hydrogen-bond donors (Lipinski definition) is 4. The first-order valence-electron chi connectivity index (χ1n) is 19.6. The summed E-state index contributed by atoms with van der Waals surface area (Å²) < 4.78 is 41.6. The van der Waals surface area contributed by atoms with E-state index in [1.54, 1.807) is 45.3 Å². The molecule has 4 aliphatic rings. The Bertz CT molecular complexity index is 2230. The van der Waals surface area contributed by atoms with Gasteiger partial charge in [0.2, 0.25) is 27.7 Å². The minimum atomic E-state index is -4.01. The van der Waals surface area contributed by atoms with Gasteiger partial charge in [-0.2, -0.15) is 5.10 Å². The molecule has 3 fully saturated rings. The number of aryl methyl sites for hydroxylation is 2. The first kappa shape index (κ1) is 40.0. The standard InChI is InChI=1S/C40H51N7O9S/c1-23(2)55-33-20-32(27-13-14-31(48)24(3)34(27)42-33)56-26-19-30-36(50)43-40(38(52)45-57(53,54)39(4)16-17-39)21-25(40)11-9-7-6-8-10-12-29(37(51)47(30)22-26)41-35(49)28-15-18-46(5)44-28/h9,11,13-15,18,20,23,25-26,29-30,48H,6-8,10,12,16-17,19,21-22H2,1-5H3,(H,41,49)(H,43,50)(H,45,52)/b11-9-/t25-,26-,29+,30+,40-/m1/s1. The quantitative estimate of drug-likeness (QED) is 0.231. The maximum atomic E-state index is 14.7. The second kappa shape index (κ2) is 15.3. The number of carbonyl (C=O) groups excluding carboxylic acids is 4. The van der Waals surface area contributed by atoms with Gasteiger partial charge in [-0.25, -0.2) is 13.4 Å². The van der Waals surface area contributed by atoms with Gasteiger partial charge in [0.15, 0.2) is 0 Å². The van der Waals surface area contributed by atoms with Crippen molar-refractivity contribution in [3.05, 3.63) is 53.9 Å². The molecule has 2 aromatic heterocycles. The first-order valence-corrected chi connectivity index (χ1v) is 21.1. The van der Waals surface area contributed by atoms with Crippen molar-refractivity contribution in [2.45, 2.75) is 120 Å². The Morgan fingerprint density at radius 1 is 1.12 bits per heavy atom. The molecule has 306 valence electrons. The van der Waals surface area contributed by atoms with E-state index in [0.717, 1.165) is 12.8 Å². The number of nitrogens with zero attached hydrogens (tertiary/aromatic N) is 4. The number of aromatic hydroxyl groups is 1. The molecule has 57 heavy (non-hydrogen) atoms. The minimum Gasteiger partial charge on any atom is -0.508 e. The number of carbonyl (C=O) groups is 4. The van der Waals surface area contributed by atoms with Crippen LogP contribution in [0, 0.1) is 12.8 Å². The third-order valence-electron chi connectivity index (χ3n) is 11.5. The van der Waals surface area contributed by atoms with Gasteiger partial charge in [0, 0.05) is 42.6 Å². The lowest BCUT2D eigenvalue weighted by Crippen LogP contribution is -2.58. The highest BCUT2D eigenvalue weighted by Gasteiger charge is 2.63. The minimum absolute atomic E-state index is 0.00824. The van der Waals surface area contributed by atoms with Crippen LogP contribution in [0.25, 0.3) is 10.9 Å². The van der Waals surface area contributed by atoms with Crippen LogP contribution in [0.3, 0.4) is 0 Å². The third-order valence-corrected chi connectivity index (χ3v) is 13.7. The number of sulfonamides is 1. The number of amides is 4. The van der Waals surface area contributed by atoms with E-state index in [1.807, 2.05) is 26.0 Å². The number of phenols is 1. The van der Waals surface area contributed by atoms with E-state index in [2.05, 4.69) is 25.4 Å².